The van der Waals surface area contributed by atoms with Gasteiger partial charge in [-0.15, -0.1) is 0 Å². The predicted octanol–water partition coefficient (Wildman–Crippen LogP) is 4.54. The summed E-state index contributed by atoms with van der Waals surface area (Å²) in [5.74, 6) is 0.0388. The lowest BCUT2D eigenvalue weighted by atomic mass is 9.93. The van der Waals surface area contributed by atoms with Crippen LogP contribution < -0.4 is 10.6 Å². The number of rotatable bonds is 7. The number of carbonyl (C=O) groups is 2. The SMILES string of the molecule is CCn1nc(C)cc1C(=O)Nc1nc2cc(C#N)cc(C)c2n1CC(C)(C)CNC(=O)OC(C)(C)C. The average Bonchev–Trinajstić information content (AvgIpc) is 3.31. The number of imidazole rings is 1. The van der Waals surface area contributed by atoms with Gasteiger partial charge in [-0.05, 0) is 65.3 Å². The molecule has 2 amide bonds. The minimum absolute atomic E-state index is 0.322. The van der Waals surface area contributed by atoms with Crippen LogP contribution in [0.4, 0.5) is 10.7 Å². The number of alkyl carbamates (subject to hydrolysis) is 1. The number of ether oxygens (including phenoxy) is 1. The lowest BCUT2D eigenvalue weighted by molar-refractivity contribution is 0.0503. The molecule has 0 aliphatic carbocycles. The maximum absolute atomic E-state index is 13.2. The third kappa shape index (κ3) is 6.22. The Labute approximate surface area is 211 Å². The fraction of sp³-hybridized carbons (Fsp3) is 0.500. The van der Waals surface area contributed by atoms with Gasteiger partial charge in [0.1, 0.15) is 11.3 Å². The molecule has 2 aromatic heterocycles. The van der Waals surface area contributed by atoms with Gasteiger partial charge in [0.25, 0.3) is 5.91 Å². The summed E-state index contributed by atoms with van der Waals surface area (Å²) >= 11 is 0. The molecular weight excluding hydrogens is 458 g/mol. The molecular formula is C26H35N7O3. The molecule has 0 atom stereocenters. The lowest BCUT2D eigenvalue weighted by Gasteiger charge is -2.28. The fourth-order valence-corrected chi connectivity index (χ4v) is 4.04. The molecule has 0 spiro atoms. The van der Waals surface area contributed by atoms with Crippen molar-refractivity contribution < 1.29 is 14.3 Å². The maximum Gasteiger partial charge on any atom is 0.407 e. The van der Waals surface area contributed by atoms with Gasteiger partial charge in [0.15, 0.2) is 0 Å². The van der Waals surface area contributed by atoms with E-state index in [0.29, 0.717) is 42.4 Å². The Bertz CT molecular complexity index is 1340. The molecule has 1 aromatic carbocycles. The molecule has 3 rings (SSSR count). The Kier molecular flexibility index (Phi) is 7.43. The topological polar surface area (TPSA) is 127 Å². The number of nitrogens with one attached hydrogen (secondary N) is 2. The summed E-state index contributed by atoms with van der Waals surface area (Å²) in [6.07, 6.45) is -0.488. The summed E-state index contributed by atoms with van der Waals surface area (Å²) in [5, 5.41) is 19.6. The molecule has 0 aliphatic rings. The number of anilines is 1. The summed E-state index contributed by atoms with van der Waals surface area (Å²) in [6.45, 7) is 16.5. The molecule has 0 saturated carbocycles. The van der Waals surface area contributed by atoms with Crippen LogP contribution in [0.1, 0.15) is 68.9 Å². The zero-order chi connectivity index (χ0) is 26.8. The van der Waals surface area contributed by atoms with E-state index in [4.69, 9.17) is 4.74 Å². The zero-order valence-electron chi connectivity index (χ0n) is 22.3. The average molecular weight is 494 g/mol. The third-order valence-corrected chi connectivity index (χ3v) is 5.52. The predicted molar refractivity (Wildman–Crippen MR) is 138 cm³/mol. The van der Waals surface area contributed by atoms with Crippen LogP contribution in [0, 0.1) is 30.6 Å². The van der Waals surface area contributed by atoms with Crippen LogP contribution in [0.2, 0.25) is 0 Å². The number of nitrogens with zero attached hydrogens (tertiary/aromatic N) is 5. The molecule has 192 valence electrons. The standard InChI is InChI=1S/C26H35N7O3/c1-9-33-20(11-17(3)31-33)22(34)30-23-29-19-12-18(13-27)10-16(2)21(19)32(23)15-26(7,8)14-28-24(35)36-25(4,5)6/h10-12H,9,14-15H2,1-8H3,(H,28,35)(H,29,30,34). The van der Waals surface area contributed by atoms with Gasteiger partial charge in [-0.25, -0.2) is 9.78 Å². The Hall–Kier alpha value is -3.87. The number of hydrogen-bond donors (Lipinski definition) is 2. The van der Waals surface area contributed by atoms with Crippen LogP contribution in [0.15, 0.2) is 18.2 Å². The van der Waals surface area contributed by atoms with Crippen molar-refractivity contribution in [1.29, 1.82) is 5.26 Å². The Balaban J connectivity index is 1.97. The Morgan fingerprint density at radius 2 is 1.83 bits per heavy atom. The first-order chi connectivity index (χ1) is 16.7. The van der Waals surface area contributed by atoms with Gasteiger partial charge in [-0.1, -0.05) is 13.8 Å². The van der Waals surface area contributed by atoms with Crippen LogP contribution in [0.5, 0.6) is 0 Å². The van der Waals surface area contributed by atoms with E-state index < -0.39 is 17.1 Å². The van der Waals surface area contributed by atoms with E-state index in [1.807, 2.05) is 60.0 Å². The van der Waals surface area contributed by atoms with E-state index in [1.165, 1.54) is 0 Å². The highest BCUT2D eigenvalue weighted by Crippen LogP contribution is 2.29. The van der Waals surface area contributed by atoms with Crippen molar-refractivity contribution in [3.8, 4) is 6.07 Å². The summed E-state index contributed by atoms with van der Waals surface area (Å²) in [6, 6.07) is 7.41. The first-order valence-corrected chi connectivity index (χ1v) is 12.0. The first-order valence-electron chi connectivity index (χ1n) is 12.0. The zero-order valence-corrected chi connectivity index (χ0v) is 22.3. The highest BCUT2D eigenvalue weighted by Gasteiger charge is 2.26. The lowest BCUT2D eigenvalue weighted by Crippen LogP contribution is -2.39. The molecule has 10 heteroatoms. The molecule has 3 aromatic rings. The molecule has 10 nitrogen and oxygen atoms in total. The van der Waals surface area contributed by atoms with Gasteiger partial charge in [-0.3, -0.25) is 14.8 Å². The molecule has 0 bridgehead atoms. The van der Waals surface area contributed by atoms with E-state index >= 15 is 0 Å². The van der Waals surface area contributed by atoms with Crippen LogP contribution >= 0.6 is 0 Å². The number of aromatic nitrogens is 4. The number of nitriles is 1. The minimum Gasteiger partial charge on any atom is -0.444 e. The van der Waals surface area contributed by atoms with Crippen molar-refractivity contribution in [2.75, 3.05) is 11.9 Å². The first kappa shape index (κ1) is 26.7. The number of benzene rings is 1. The molecule has 2 heterocycles. The van der Waals surface area contributed by atoms with E-state index in [9.17, 15) is 14.9 Å². The van der Waals surface area contributed by atoms with Crippen LogP contribution in [0.3, 0.4) is 0 Å². The van der Waals surface area contributed by atoms with E-state index in [-0.39, 0.29) is 5.91 Å². The number of fused-ring (bicyclic) bond motifs is 1. The number of hydrogen-bond acceptors (Lipinski definition) is 6. The van der Waals surface area contributed by atoms with Gasteiger partial charge in [0.2, 0.25) is 5.95 Å². The monoisotopic (exact) mass is 493 g/mol. The van der Waals surface area contributed by atoms with E-state index in [1.54, 1.807) is 22.9 Å². The molecule has 0 radical (unpaired) electrons. The van der Waals surface area contributed by atoms with Gasteiger partial charge in [-0.2, -0.15) is 10.4 Å². The smallest absolute Gasteiger partial charge is 0.407 e. The second-order valence-electron chi connectivity index (χ2n) is 10.8. The van der Waals surface area contributed by atoms with Gasteiger partial charge < -0.3 is 14.6 Å². The number of carbonyl (C=O) groups excluding carboxylic acids is 2. The van der Waals surface area contributed by atoms with Gasteiger partial charge in [0, 0.05) is 25.0 Å². The van der Waals surface area contributed by atoms with Crippen LogP contribution in [-0.4, -0.2) is 43.5 Å². The fourth-order valence-electron chi connectivity index (χ4n) is 4.04. The Morgan fingerprint density at radius 3 is 2.44 bits per heavy atom. The van der Waals surface area contributed by atoms with Crippen molar-refractivity contribution in [2.24, 2.45) is 5.41 Å². The summed E-state index contributed by atoms with van der Waals surface area (Å²) in [5.41, 5.74) is 2.95. The van der Waals surface area contributed by atoms with Crippen LogP contribution in [0.25, 0.3) is 11.0 Å². The van der Waals surface area contributed by atoms with Crippen molar-refractivity contribution >= 4 is 29.0 Å². The summed E-state index contributed by atoms with van der Waals surface area (Å²) in [4.78, 5) is 30.1. The second-order valence-corrected chi connectivity index (χ2v) is 10.8. The molecule has 0 saturated heterocycles. The Morgan fingerprint density at radius 1 is 1.14 bits per heavy atom. The highest BCUT2D eigenvalue weighted by atomic mass is 16.6. The number of amides is 2. The van der Waals surface area contributed by atoms with Crippen molar-refractivity contribution in [3.05, 3.63) is 40.7 Å². The van der Waals surface area contributed by atoms with Gasteiger partial charge >= 0.3 is 6.09 Å². The van der Waals surface area contributed by atoms with Gasteiger partial charge in [0.05, 0.1) is 28.4 Å². The molecule has 2 N–H and O–H groups in total. The van der Waals surface area contributed by atoms with Crippen molar-refractivity contribution in [1.82, 2.24) is 24.6 Å². The normalized spacial score (nSPS) is 11.9. The van der Waals surface area contributed by atoms with Crippen molar-refractivity contribution in [2.45, 2.75) is 74.1 Å². The van der Waals surface area contributed by atoms with E-state index in [0.717, 1.165) is 16.8 Å². The van der Waals surface area contributed by atoms with Crippen LogP contribution in [-0.2, 0) is 17.8 Å². The molecule has 36 heavy (non-hydrogen) atoms. The second kappa shape index (κ2) is 10.0. The summed E-state index contributed by atoms with van der Waals surface area (Å²) in [7, 11) is 0. The third-order valence-electron chi connectivity index (χ3n) is 5.52. The quantitative estimate of drug-likeness (QED) is 0.497. The molecule has 0 unspecified atom stereocenters. The largest absolute Gasteiger partial charge is 0.444 e. The van der Waals surface area contributed by atoms with Crippen molar-refractivity contribution in [3.63, 3.8) is 0 Å². The summed E-state index contributed by atoms with van der Waals surface area (Å²) < 4.78 is 8.94. The minimum atomic E-state index is -0.592. The molecule has 0 fully saturated rings. The molecule has 0 aliphatic heterocycles. The number of aryl methyl sites for hydroxylation is 3. The highest BCUT2D eigenvalue weighted by molar-refractivity contribution is 6.03. The van der Waals surface area contributed by atoms with E-state index in [2.05, 4.69) is 26.8 Å². The maximum atomic E-state index is 13.2.